The quantitative estimate of drug-likeness (QED) is 0.780. The van der Waals surface area contributed by atoms with Crippen LogP contribution in [0.5, 0.6) is 5.75 Å². The van der Waals surface area contributed by atoms with Gasteiger partial charge in [-0.15, -0.1) is 0 Å². The van der Waals surface area contributed by atoms with Gasteiger partial charge in [0.1, 0.15) is 11.6 Å². The molecule has 3 nitrogen and oxygen atoms in total. The van der Waals surface area contributed by atoms with E-state index in [1.807, 2.05) is 27.7 Å². The normalized spacial score (nSPS) is 11.2. The number of ether oxygens (including phenoxy) is 1. The highest BCUT2D eigenvalue weighted by molar-refractivity contribution is 5.90. The van der Waals surface area contributed by atoms with Gasteiger partial charge in [0.25, 0.3) is 0 Å². The molecule has 22 heavy (non-hydrogen) atoms. The molecule has 0 saturated heterocycles. The van der Waals surface area contributed by atoms with Crippen LogP contribution in [-0.2, 0) is 11.2 Å². The van der Waals surface area contributed by atoms with Gasteiger partial charge in [-0.3, -0.25) is 9.78 Å². The number of benzene rings is 1. The summed E-state index contributed by atoms with van der Waals surface area (Å²) in [6, 6.07) is 3.10. The van der Waals surface area contributed by atoms with Crippen LogP contribution in [0.15, 0.2) is 12.1 Å². The summed E-state index contributed by atoms with van der Waals surface area (Å²) in [6.07, 6.45) is 1.06. The van der Waals surface area contributed by atoms with E-state index in [4.69, 9.17) is 4.74 Å². The lowest BCUT2D eigenvalue weighted by molar-refractivity contribution is -0.135. The number of hydrogen-bond acceptors (Lipinski definition) is 3. The number of aryl methyl sites for hydroxylation is 2. The van der Waals surface area contributed by atoms with E-state index in [-0.39, 0.29) is 17.7 Å². The fraction of sp³-hybridized carbons (Fsp3) is 0.444. The summed E-state index contributed by atoms with van der Waals surface area (Å²) in [5.74, 6) is 0.0321. The Hall–Kier alpha value is -1.97. The van der Waals surface area contributed by atoms with Crippen LogP contribution in [0.25, 0.3) is 10.9 Å². The molecule has 0 unspecified atom stereocenters. The van der Waals surface area contributed by atoms with Gasteiger partial charge in [0.05, 0.1) is 5.52 Å². The van der Waals surface area contributed by atoms with Crippen molar-refractivity contribution >= 4 is 16.9 Å². The molecule has 0 atom stereocenters. The second-order valence-electron chi connectivity index (χ2n) is 6.06. The number of aromatic nitrogens is 1. The SMILES string of the molecule is CCc1nc2cc(C)c(F)cc2c(OC(=O)CC(C)C)c1C. The minimum absolute atomic E-state index is 0.213. The molecule has 0 saturated carbocycles. The van der Waals surface area contributed by atoms with Crippen molar-refractivity contribution in [3.8, 4) is 5.75 Å². The molecule has 0 radical (unpaired) electrons. The number of rotatable bonds is 4. The molecule has 0 spiro atoms. The molecule has 0 amide bonds. The van der Waals surface area contributed by atoms with Gasteiger partial charge in [-0.05, 0) is 43.9 Å². The third-order valence-electron chi connectivity index (χ3n) is 3.68. The number of nitrogens with zero attached hydrogens (tertiary/aromatic N) is 1. The molecule has 0 N–H and O–H groups in total. The third kappa shape index (κ3) is 3.26. The number of carbonyl (C=O) groups is 1. The summed E-state index contributed by atoms with van der Waals surface area (Å²) in [4.78, 5) is 16.6. The second kappa shape index (κ2) is 6.42. The first-order valence-electron chi connectivity index (χ1n) is 7.63. The molecule has 0 aliphatic carbocycles. The Kier molecular flexibility index (Phi) is 4.79. The van der Waals surface area contributed by atoms with Gasteiger partial charge in [-0.2, -0.15) is 0 Å². The van der Waals surface area contributed by atoms with Crippen LogP contribution in [0.2, 0.25) is 0 Å². The maximum atomic E-state index is 13.9. The molecule has 0 aliphatic rings. The summed E-state index contributed by atoms with van der Waals surface area (Å²) in [6.45, 7) is 9.48. The summed E-state index contributed by atoms with van der Waals surface area (Å²) in [7, 11) is 0. The molecular weight excluding hydrogens is 281 g/mol. The molecule has 118 valence electrons. The Bertz CT molecular complexity index is 723. The Morgan fingerprint density at radius 1 is 1.32 bits per heavy atom. The Morgan fingerprint density at radius 3 is 2.59 bits per heavy atom. The first kappa shape index (κ1) is 16.4. The second-order valence-corrected chi connectivity index (χ2v) is 6.06. The smallest absolute Gasteiger partial charge is 0.311 e. The molecule has 4 heteroatoms. The maximum absolute atomic E-state index is 13.9. The Labute approximate surface area is 130 Å². The van der Waals surface area contributed by atoms with Crippen molar-refractivity contribution in [2.24, 2.45) is 5.92 Å². The molecule has 0 bridgehead atoms. The van der Waals surface area contributed by atoms with Crippen LogP contribution in [0.1, 0.15) is 44.0 Å². The first-order valence-corrected chi connectivity index (χ1v) is 7.63. The summed E-state index contributed by atoms with van der Waals surface area (Å²) in [5, 5.41) is 0.551. The predicted molar refractivity (Wildman–Crippen MR) is 85.6 cm³/mol. The van der Waals surface area contributed by atoms with E-state index in [2.05, 4.69) is 4.98 Å². The lowest BCUT2D eigenvalue weighted by Crippen LogP contribution is -2.13. The van der Waals surface area contributed by atoms with Gasteiger partial charge in [0.15, 0.2) is 0 Å². The maximum Gasteiger partial charge on any atom is 0.311 e. The van der Waals surface area contributed by atoms with Gasteiger partial charge < -0.3 is 4.74 Å². The highest BCUT2D eigenvalue weighted by Crippen LogP contribution is 2.32. The van der Waals surface area contributed by atoms with E-state index in [0.29, 0.717) is 28.6 Å². The molecule has 1 heterocycles. The lowest BCUT2D eigenvalue weighted by Gasteiger charge is -2.15. The molecule has 0 aliphatic heterocycles. The van der Waals surface area contributed by atoms with Crippen LogP contribution in [0.4, 0.5) is 4.39 Å². The molecule has 2 rings (SSSR count). The number of carbonyl (C=O) groups excluding carboxylic acids is 1. The number of halogens is 1. The van der Waals surface area contributed by atoms with Crippen LogP contribution in [-0.4, -0.2) is 11.0 Å². The minimum Gasteiger partial charge on any atom is -0.425 e. The predicted octanol–water partition coefficient (Wildman–Crippen LogP) is 4.50. The van der Waals surface area contributed by atoms with Crippen LogP contribution in [0.3, 0.4) is 0 Å². The number of pyridine rings is 1. The van der Waals surface area contributed by atoms with E-state index in [0.717, 1.165) is 17.7 Å². The number of fused-ring (bicyclic) bond motifs is 1. The standard InChI is InChI=1S/C18H22FNO2/c1-6-15-12(5)18(22-17(21)7-10(2)3)13-9-14(19)11(4)8-16(13)20-15/h8-10H,6-7H2,1-5H3. The lowest BCUT2D eigenvalue weighted by atomic mass is 10.0. The zero-order chi connectivity index (χ0) is 16.4. The van der Waals surface area contributed by atoms with Crippen molar-refractivity contribution in [2.45, 2.75) is 47.5 Å². The van der Waals surface area contributed by atoms with Crippen molar-refractivity contribution in [3.63, 3.8) is 0 Å². The van der Waals surface area contributed by atoms with Crippen molar-refractivity contribution in [1.29, 1.82) is 0 Å². The van der Waals surface area contributed by atoms with Crippen molar-refractivity contribution in [2.75, 3.05) is 0 Å². The molecular formula is C18H22FNO2. The average molecular weight is 303 g/mol. The van der Waals surface area contributed by atoms with E-state index >= 15 is 0 Å². The molecule has 2 aromatic rings. The van der Waals surface area contributed by atoms with E-state index in [1.165, 1.54) is 6.07 Å². The Morgan fingerprint density at radius 2 is 2.00 bits per heavy atom. The highest BCUT2D eigenvalue weighted by Gasteiger charge is 2.17. The van der Waals surface area contributed by atoms with Gasteiger partial charge >= 0.3 is 5.97 Å². The summed E-state index contributed by atoms with van der Waals surface area (Å²) >= 11 is 0. The van der Waals surface area contributed by atoms with Crippen molar-refractivity contribution in [3.05, 3.63) is 34.8 Å². The zero-order valence-corrected chi connectivity index (χ0v) is 13.8. The molecule has 1 aromatic carbocycles. The fourth-order valence-corrected chi connectivity index (χ4v) is 2.47. The average Bonchev–Trinajstić information content (AvgIpc) is 2.43. The van der Waals surface area contributed by atoms with Crippen molar-refractivity contribution in [1.82, 2.24) is 4.98 Å². The first-order chi connectivity index (χ1) is 10.3. The molecule has 0 fully saturated rings. The fourth-order valence-electron chi connectivity index (χ4n) is 2.47. The van der Waals surface area contributed by atoms with Crippen LogP contribution < -0.4 is 4.74 Å². The van der Waals surface area contributed by atoms with Gasteiger partial charge in [-0.25, -0.2) is 4.39 Å². The van der Waals surface area contributed by atoms with Gasteiger partial charge in [0.2, 0.25) is 0 Å². The highest BCUT2D eigenvalue weighted by atomic mass is 19.1. The van der Waals surface area contributed by atoms with Crippen molar-refractivity contribution < 1.29 is 13.9 Å². The van der Waals surface area contributed by atoms with E-state index in [9.17, 15) is 9.18 Å². The number of esters is 1. The monoisotopic (exact) mass is 303 g/mol. The van der Waals surface area contributed by atoms with Crippen LogP contribution in [0, 0.1) is 25.6 Å². The molecule has 1 aromatic heterocycles. The van der Waals surface area contributed by atoms with E-state index in [1.54, 1.807) is 13.0 Å². The summed E-state index contributed by atoms with van der Waals surface area (Å²) < 4.78 is 19.5. The Balaban J connectivity index is 2.60. The summed E-state index contributed by atoms with van der Waals surface area (Å²) in [5.41, 5.74) is 2.86. The van der Waals surface area contributed by atoms with Crippen LogP contribution >= 0.6 is 0 Å². The largest absolute Gasteiger partial charge is 0.425 e. The topological polar surface area (TPSA) is 39.2 Å². The third-order valence-corrected chi connectivity index (χ3v) is 3.68. The zero-order valence-electron chi connectivity index (χ0n) is 13.8. The van der Waals surface area contributed by atoms with Gasteiger partial charge in [0, 0.05) is 23.1 Å². The minimum atomic E-state index is -0.320. The number of hydrogen-bond donors (Lipinski definition) is 0. The van der Waals surface area contributed by atoms with Gasteiger partial charge in [-0.1, -0.05) is 20.8 Å². The van der Waals surface area contributed by atoms with E-state index < -0.39 is 0 Å².